The molecular weight excluding hydrogens is 208 g/mol. The summed E-state index contributed by atoms with van der Waals surface area (Å²) in [5.41, 5.74) is 3.75. The van der Waals surface area contributed by atoms with Crippen LogP contribution >= 0.6 is 0 Å². The normalized spacial score (nSPS) is 11.4. The zero-order valence-electron chi connectivity index (χ0n) is 11.0. The molecule has 0 fully saturated rings. The van der Waals surface area contributed by atoms with Crippen LogP contribution in [0.15, 0.2) is 47.6 Å². The molecule has 0 saturated heterocycles. The third-order valence-electron chi connectivity index (χ3n) is 2.75. The van der Waals surface area contributed by atoms with Gasteiger partial charge in [0.05, 0.1) is 0 Å². The van der Waals surface area contributed by atoms with Crippen molar-refractivity contribution < 1.29 is 5.11 Å². The molecular formula is C16H22O. The van der Waals surface area contributed by atoms with E-state index in [0.29, 0.717) is 5.75 Å². The van der Waals surface area contributed by atoms with Gasteiger partial charge in [0.1, 0.15) is 5.75 Å². The van der Waals surface area contributed by atoms with Gasteiger partial charge in [-0.3, -0.25) is 0 Å². The molecule has 0 amide bonds. The minimum absolute atomic E-state index is 0.390. The molecule has 0 aliphatic heterocycles. The first-order valence-corrected chi connectivity index (χ1v) is 6.15. The molecule has 1 heteroatoms. The molecule has 0 aromatic heterocycles. The van der Waals surface area contributed by atoms with E-state index in [2.05, 4.69) is 32.9 Å². The van der Waals surface area contributed by atoms with Gasteiger partial charge in [0.2, 0.25) is 0 Å². The topological polar surface area (TPSA) is 20.2 Å². The van der Waals surface area contributed by atoms with Gasteiger partial charge in [0.15, 0.2) is 0 Å². The summed E-state index contributed by atoms with van der Waals surface area (Å²) in [6.07, 6.45) is 7.47. The van der Waals surface area contributed by atoms with Crippen LogP contribution in [0.4, 0.5) is 0 Å². The predicted molar refractivity (Wildman–Crippen MR) is 74.2 cm³/mol. The molecule has 0 saturated carbocycles. The summed E-state index contributed by atoms with van der Waals surface area (Å²) in [6.45, 7) is 6.40. The van der Waals surface area contributed by atoms with E-state index in [-0.39, 0.29) is 0 Å². The fourth-order valence-electron chi connectivity index (χ4n) is 1.66. The number of benzene rings is 1. The summed E-state index contributed by atoms with van der Waals surface area (Å²) < 4.78 is 0. The van der Waals surface area contributed by atoms with E-state index in [1.54, 1.807) is 6.07 Å². The van der Waals surface area contributed by atoms with Gasteiger partial charge in [-0.1, -0.05) is 41.5 Å². The van der Waals surface area contributed by atoms with Crippen molar-refractivity contribution in [2.45, 2.75) is 40.0 Å². The second-order valence-corrected chi connectivity index (χ2v) is 4.70. The number of phenolic OH excluding ortho intramolecular Hbond substituents is 1. The van der Waals surface area contributed by atoms with Crippen molar-refractivity contribution in [3.8, 4) is 5.75 Å². The number of hydrogen-bond donors (Lipinski definition) is 1. The van der Waals surface area contributed by atoms with E-state index in [1.807, 2.05) is 18.2 Å². The van der Waals surface area contributed by atoms with Gasteiger partial charge in [-0.2, -0.15) is 0 Å². The van der Waals surface area contributed by atoms with Crippen LogP contribution in [0.25, 0.3) is 0 Å². The Balaban J connectivity index is 2.48. The molecule has 0 atom stereocenters. The fraction of sp³-hybridized carbons (Fsp3) is 0.375. The minimum Gasteiger partial charge on any atom is -0.508 e. The Morgan fingerprint density at radius 2 is 1.82 bits per heavy atom. The summed E-state index contributed by atoms with van der Waals surface area (Å²) >= 11 is 0. The predicted octanol–water partition coefficient (Wildman–Crippen LogP) is 4.63. The highest BCUT2D eigenvalue weighted by Crippen LogP contribution is 2.17. The van der Waals surface area contributed by atoms with Gasteiger partial charge in [0.25, 0.3) is 0 Å². The summed E-state index contributed by atoms with van der Waals surface area (Å²) in [7, 11) is 0. The molecule has 0 aliphatic carbocycles. The number of rotatable bonds is 5. The Hall–Kier alpha value is -1.50. The molecule has 1 aromatic rings. The van der Waals surface area contributed by atoms with E-state index >= 15 is 0 Å². The van der Waals surface area contributed by atoms with Crippen molar-refractivity contribution in [1.29, 1.82) is 0 Å². The molecule has 92 valence electrons. The number of aromatic hydroxyl groups is 1. The SMILES string of the molecule is CC(C)=CCC/C(C)=C\Cc1ccccc1O. The second kappa shape index (κ2) is 6.95. The number of hydrogen-bond acceptors (Lipinski definition) is 1. The third-order valence-corrected chi connectivity index (χ3v) is 2.75. The van der Waals surface area contributed by atoms with Crippen LogP contribution in [0.2, 0.25) is 0 Å². The van der Waals surface area contributed by atoms with Crippen LogP contribution in [-0.4, -0.2) is 5.11 Å². The molecule has 0 bridgehead atoms. The Bertz CT molecular complexity index is 409. The maximum absolute atomic E-state index is 9.63. The van der Waals surface area contributed by atoms with E-state index in [0.717, 1.165) is 24.8 Å². The molecule has 0 unspecified atom stereocenters. The molecule has 1 aromatic carbocycles. The van der Waals surface area contributed by atoms with E-state index in [4.69, 9.17) is 0 Å². The molecule has 0 spiro atoms. The highest BCUT2D eigenvalue weighted by atomic mass is 16.3. The summed E-state index contributed by atoms with van der Waals surface area (Å²) in [5, 5.41) is 9.63. The van der Waals surface area contributed by atoms with Gasteiger partial charge in [-0.25, -0.2) is 0 Å². The summed E-state index contributed by atoms with van der Waals surface area (Å²) in [6, 6.07) is 7.52. The average Bonchev–Trinajstić information content (AvgIpc) is 2.27. The third kappa shape index (κ3) is 5.39. The first-order chi connectivity index (χ1) is 8.09. The standard InChI is InChI=1S/C16H22O/c1-13(2)7-6-8-14(3)11-12-15-9-4-5-10-16(15)17/h4-5,7,9-11,17H,6,8,12H2,1-3H3/b14-11-. The first-order valence-electron chi connectivity index (χ1n) is 6.15. The summed E-state index contributed by atoms with van der Waals surface area (Å²) in [5.74, 6) is 0.390. The van der Waals surface area contributed by atoms with Gasteiger partial charge >= 0.3 is 0 Å². The maximum Gasteiger partial charge on any atom is 0.119 e. The lowest BCUT2D eigenvalue weighted by atomic mass is 10.1. The van der Waals surface area contributed by atoms with Crippen LogP contribution in [0, 0.1) is 0 Å². The fourth-order valence-corrected chi connectivity index (χ4v) is 1.66. The van der Waals surface area contributed by atoms with Crippen molar-refractivity contribution in [2.24, 2.45) is 0 Å². The zero-order valence-corrected chi connectivity index (χ0v) is 11.0. The highest BCUT2D eigenvalue weighted by Gasteiger charge is 1.97. The largest absolute Gasteiger partial charge is 0.508 e. The smallest absolute Gasteiger partial charge is 0.119 e. The maximum atomic E-state index is 9.63. The van der Waals surface area contributed by atoms with Crippen molar-refractivity contribution in [2.75, 3.05) is 0 Å². The zero-order chi connectivity index (χ0) is 12.7. The lowest BCUT2D eigenvalue weighted by molar-refractivity contribution is 0.469. The lowest BCUT2D eigenvalue weighted by Crippen LogP contribution is -1.84. The Morgan fingerprint density at radius 3 is 2.47 bits per heavy atom. The van der Waals surface area contributed by atoms with Gasteiger partial charge in [-0.15, -0.1) is 0 Å². The summed E-state index contributed by atoms with van der Waals surface area (Å²) in [4.78, 5) is 0. The van der Waals surface area contributed by atoms with Crippen LogP contribution < -0.4 is 0 Å². The number of phenols is 1. The van der Waals surface area contributed by atoms with Crippen LogP contribution in [0.1, 0.15) is 39.2 Å². The number of para-hydroxylation sites is 1. The average molecular weight is 230 g/mol. The molecule has 1 N–H and O–H groups in total. The van der Waals surface area contributed by atoms with E-state index < -0.39 is 0 Å². The van der Waals surface area contributed by atoms with Crippen LogP contribution in [0.3, 0.4) is 0 Å². The van der Waals surface area contributed by atoms with Crippen molar-refractivity contribution in [3.05, 3.63) is 53.1 Å². The lowest BCUT2D eigenvalue weighted by Gasteiger charge is -2.02. The van der Waals surface area contributed by atoms with Gasteiger partial charge in [0, 0.05) is 0 Å². The van der Waals surface area contributed by atoms with Crippen molar-refractivity contribution >= 4 is 0 Å². The molecule has 17 heavy (non-hydrogen) atoms. The monoisotopic (exact) mass is 230 g/mol. The molecule has 1 rings (SSSR count). The van der Waals surface area contributed by atoms with Gasteiger partial charge in [-0.05, 0) is 51.7 Å². The van der Waals surface area contributed by atoms with E-state index in [1.165, 1.54) is 11.1 Å². The Morgan fingerprint density at radius 1 is 1.12 bits per heavy atom. The van der Waals surface area contributed by atoms with Crippen LogP contribution in [-0.2, 0) is 6.42 Å². The molecule has 0 heterocycles. The Kier molecular flexibility index (Phi) is 5.55. The van der Waals surface area contributed by atoms with Crippen molar-refractivity contribution in [1.82, 2.24) is 0 Å². The highest BCUT2D eigenvalue weighted by molar-refractivity contribution is 5.33. The Labute approximate surface area is 104 Å². The molecule has 1 nitrogen and oxygen atoms in total. The molecule has 0 aliphatic rings. The van der Waals surface area contributed by atoms with Crippen LogP contribution in [0.5, 0.6) is 5.75 Å². The minimum atomic E-state index is 0.390. The second-order valence-electron chi connectivity index (χ2n) is 4.70. The first kappa shape index (κ1) is 13.6. The van der Waals surface area contributed by atoms with E-state index in [9.17, 15) is 5.11 Å². The number of allylic oxidation sites excluding steroid dienone is 4. The van der Waals surface area contributed by atoms with Gasteiger partial charge < -0.3 is 5.11 Å². The quantitative estimate of drug-likeness (QED) is 0.731. The van der Waals surface area contributed by atoms with Crippen molar-refractivity contribution in [3.63, 3.8) is 0 Å². The molecule has 0 radical (unpaired) electrons.